The summed E-state index contributed by atoms with van der Waals surface area (Å²) in [6, 6.07) is 20.0. The Morgan fingerprint density at radius 3 is 2.17 bits per heavy atom. The summed E-state index contributed by atoms with van der Waals surface area (Å²) in [5.41, 5.74) is -1.57. The average Bonchev–Trinajstić information content (AvgIpc) is 2.84. The van der Waals surface area contributed by atoms with E-state index < -0.39 is 34.9 Å². The summed E-state index contributed by atoms with van der Waals surface area (Å²) < 4.78 is 68.3. The maximum Gasteiger partial charge on any atom is 0.416 e. The molecule has 1 atom stereocenters. The first-order valence-corrected chi connectivity index (χ1v) is 10.8. The molecule has 0 spiro atoms. The zero-order valence-corrected chi connectivity index (χ0v) is 18.7. The van der Waals surface area contributed by atoms with E-state index >= 15 is 0 Å². The van der Waals surface area contributed by atoms with E-state index in [1.54, 1.807) is 30.3 Å². The molecule has 4 rings (SSSR count). The van der Waals surface area contributed by atoms with Gasteiger partial charge >= 0.3 is 12.2 Å². The van der Waals surface area contributed by atoms with E-state index in [2.05, 4.69) is 15.6 Å². The molecule has 0 bridgehead atoms. The lowest BCUT2D eigenvalue weighted by Crippen LogP contribution is -2.50. The van der Waals surface area contributed by atoms with Crippen molar-refractivity contribution in [1.82, 2.24) is 10.3 Å². The number of urea groups is 1. The van der Waals surface area contributed by atoms with E-state index in [-0.39, 0.29) is 23.4 Å². The van der Waals surface area contributed by atoms with Crippen LogP contribution >= 0.6 is 0 Å². The molecule has 4 nitrogen and oxygen atoms in total. The summed E-state index contributed by atoms with van der Waals surface area (Å²) in [7, 11) is 0. The molecule has 3 aromatic carbocycles. The van der Waals surface area contributed by atoms with Gasteiger partial charge in [0.25, 0.3) is 0 Å². The summed E-state index contributed by atoms with van der Waals surface area (Å²) in [6.45, 7) is 0. The van der Waals surface area contributed by atoms with Crippen LogP contribution in [0.4, 0.5) is 32.4 Å². The number of anilines is 1. The Bertz CT molecular complexity index is 1340. The van der Waals surface area contributed by atoms with E-state index in [1.807, 2.05) is 0 Å². The SMILES string of the molecule is O=C(Nc1cccc(F)c1)NC(Cc1ccccc1)(c1cccc(C(F)(F)F)c1)c1ccc(F)cn1. The quantitative estimate of drug-likeness (QED) is 0.292. The topological polar surface area (TPSA) is 54.0 Å². The standard InChI is InChI=1S/C27H20F5N3O/c28-21-10-5-11-23(15-21)34-25(36)35-26(16-18-6-2-1-3-7-18,24-13-12-22(29)17-33-24)19-8-4-9-20(14-19)27(30,31)32/h1-15,17H,16H2,(H2,34,35,36). The highest BCUT2D eigenvalue weighted by Crippen LogP contribution is 2.37. The predicted octanol–water partition coefficient (Wildman–Crippen LogP) is 6.69. The van der Waals surface area contributed by atoms with Crippen LogP contribution in [0.25, 0.3) is 0 Å². The van der Waals surface area contributed by atoms with Gasteiger partial charge in [-0.3, -0.25) is 4.98 Å². The molecule has 0 aliphatic heterocycles. The predicted molar refractivity (Wildman–Crippen MR) is 125 cm³/mol. The van der Waals surface area contributed by atoms with E-state index in [9.17, 15) is 26.7 Å². The Balaban J connectivity index is 1.87. The number of benzene rings is 3. The van der Waals surface area contributed by atoms with E-state index in [0.717, 1.165) is 30.5 Å². The van der Waals surface area contributed by atoms with E-state index in [4.69, 9.17) is 0 Å². The summed E-state index contributed by atoms with van der Waals surface area (Å²) >= 11 is 0. The summed E-state index contributed by atoms with van der Waals surface area (Å²) in [5, 5.41) is 5.26. The van der Waals surface area contributed by atoms with Gasteiger partial charge in [0, 0.05) is 12.1 Å². The van der Waals surface area contributed by atoms with Gasteiger partial charge < -0.3 is 10.6 Å². The molecule has 36 heavy (non-hydrogen) atoms. The third-order valence-electron chi connectivity index (χ3n) is 5.57. The molecule has 0 saturated carbocycles. The Kier molecular flexibility index (Phi) is 7.00. The number of hydrogen-bond donors (Lipinski definition) is 2. The van der Waals surface area contributed by atoms with Crippen molar-refractivity contribution in [3.63, 3.8) is 0 Å². The van der Waals surface area contributed by atoms with Crippen molar-refractivity contribution in [2.75, 3.05) is 5.32 Å². The number of pyridine rings is 1. The van der Waals surface area contributed by atoms with Crippen molar-refractivity contribution in [3.05, 3.63) is 131 Å². The number of hydrogen-bond acceptors (Lipinski definition) is 2. The molecule has 0 fully saturated rings. The Hall–Kier alpha value is -4.27. The number of carbonyl (C=O) groups excluding carboxylic acids is 1. The fourth-order valence-corrected chi connectivity index (χ4v) is 3.93. The highest BCUT2D eigenvalue weighted by atomic mass is 19.4. The first-order chi connectivity index (χ1) is 17.2. The lowest BCUT2D eigenvalue weighted by atomic mass is 9.80. The molecular weight excluding hydrogens is 477 g/mol. The molecule has 2 amide bonds. The Labute approximate surface area is 203 Å². The van der Waals surface area contributed by atoms with Gasteiger partial charge in [-0.1, -0.05) is 48.5 Å². The van der Waals surface area contributed by atoms with Crippen molar-refractivity contribution >= 4 is 11.7 Å². The van der Waals surface area contributed by atoms with Crippen LogP contribution in [0, 0.1) is 11.6 Å². The second-order valence-corrected chi connectivity index (χ2v) is 8.10. The van der Waals surface area contributed by atoms with Crippen molar-refractivity contribution in [2.24, 2.45) is 0 Å². The van der Waals surface area contributed by atoms with Crippen molar-refractivity contribution in [1.29, 1.82) is 0 Å². The highest BCUT2D eigenvalue weighted by Gasteiger charge is 2.40. The normalized spacial score (nSPS) is 13.0. The second kappa shape index (κ2) is 10.2. The van der Waals surface area contributed by atoms with Gasteiger partial charge in [-0.15, -0.1) is 0 Å². The molecule has 1 unspecified atom stereocenters. The number of rotatable bonds is 6. The molecule has 0 aliphatic rings. The van der Waals surface area contributed by atoms with Crippen molar-refractivity contribution in [3.8, 4) is 0 Å². The number of nitrogens with one attached hydrogen (secondary N) is 2. The minimum absolute atomic E-state index is 0.00957. The number of amides is 2. The fourth-order valence-electron chi connectivity index (χ4n) is 3.93. The molecular formula is C27H20F5N3O. The Morgan fingerprint density at radius 1 is 0.778 bits per heavy atom. The molecule has 1 heterocycles. The zero-order valence-electron chi connectivity index (χ0n) is 18.7. The van der Waals surface area contributed by atoms with Gasteiger partial charge in [-0.05, 0) is 53.6 Å². The van der Waals surface area contributed by atoms with Crippen LogP contribution < -0.4 is 10.6 Å². The first-order valence-electron chi connectivity index (χ1n) is 10.8. The van der Waals surface area contributed by atoms with Crippen LogP contribution in [0.3, 0.4) is 0 Å². The third-order valence-corrected chi connectivity index (χ3v) is 5.57. The number of carbonyl (C=O) groups is 1. The molecule has 0 saturated heterocycles. The van der Waals surface area contributed by atoms with Gasteiger partial charge in [0.05, 0.1) is 17.5 Å². The zero-order chi connectivity index (χ0) is 25.8. The average molecular weight is 497 g/mol. The summed E-state index contributed by atoms with van der Waals surface area (Å²) in [6.07, 6.45) is -3.73. The lowest BCUT2D eigenvalue weighted by Gasteiger charge is -2.35. The Morgan fingerprint density at radius 2 is 1.50 bits per heavy atom. The molecule has 0 aliphatic carbocycles. The maximum absolute atomic E-state index is 13.8. The first kappa shape index (κ1) is 24.8. The van der Waals surface area contributed by atoms with Crippen LogP contribution in [-0.4, -0.2) is 11.0 Å². The van der Waals surface area contributed by atoms with Crippen LogP contribution in [0.1, 0.15) is 22.4 Å². The van der Waals surface area contributed by atoms with Gasteiger partial charge in [-0.2, -0.15) is 13.2 Å². The van der Waals surface area contributed by atoms with Gasteiger partial charge in [-0.25, -0.2) is 13.6 Å². The number of halogens is 5. The maximum atomic E-state index is 13.8. The van der Waals surface area contributed by atoms with Crippen LogP contribution in [-0.2, 0) is 18.1 Å². The fraction of sp³-hybridized carbons (Fsp3) is 0.111. The molecule has 0 radical (unpaired) electrons. The lowest BCUT2D eigenvalue weighted by molar-refractivity contribution is -0.137. The minimum Gasteiger partial charge on any atom is -0.322 e. The molecule has 9 heteroatoms. The van der Waals surface area contributed by atoms with Gasteiger partial charge in [0.2, 0.25) is 0 Å². The number of nitrogens with zero attached hydrogens (tertiary/aromatic N) is 1. The molecule has 2 N–H and O–H groups in total. The number of alkyl halides is 3. The molecule has 184 valence electrons. The number of aromatic nitrogens is 1. The van der Waals surface area contributed by atoms with Crippen LogP contribution in [0.2, 0.25) is 0 Å². The van der Waals surface area contributed by atoms with Crippen molar-refractivity contribution < 1.29 is 26.7 Å². The largest absolute Gasteiger partial charge is 0.416 e. The highest BCUT2D eigenvalue weighted by molar-refractivity contribution is 5.90. The monoisotopic (exact) mass is 497 g/mol. The van der Waals surface area contributed by atoms with Crippen LogP contribution in [0.5, 0.6) is 0 Å². The third kappa shape index (κ3) is 5.68. The molecule has 1 aromatic heterocycles. The molecule has 4 aromatic rings. The summed E-state index contributed by atoms with van der Waals surface area (Å²) in [5.74, 6) is -1.23. The van der Waals surface area contributed by atoms with Gasteiger partial charge in [0.15, 0.2) is 0 Å². The van der Waals surface area contributed by atoms with Gasteiger partial charge in [0.1, 0.15) is 17.2 Å². The van der Waals surface area contributed by atoms with Crippen molar-refractivity contribution in [2.45, 2.75) is 18.1 Å². The minimum atomic E-state index is -4.64. The smallest absolute Gasteiger partial charge is 0.322 e. The second-order valence-electron chi connectivity index (χ2n) is 8.10. The van der Waals surface area contributed by atoms with E-state index in [0.29, 0.717) is 5.56 Å². The summed E-state index contributed by atoms with van der Waals surface area (Å²) in [4.78, 5) is 17.3. The van der Waals surface area contributed by atoms with E-state index in [1.165, 1.54) is 36.4 Å². The van der Waals surface area contributed by atoms with Crippen LogP contribution in [0.15, 0.2) is 97.2 Å².